The molecule has 2 unspecified atom stereocenters. The SMILES string of the molecule is CC(C=O)C(/C=C\c1ccccc1)c1ccccc1. The zero-order valence-corrected chi connectivity index (χ0v) is 11.1. The summed E-state index contributed by atoms with van der Waals surface area (Å²) < 4.78 is 0. The highest BCUT2D eigenvalue weighted by molar-refractivity contribution is 5.59. The molecular formula is C18H18O. The van der Waals surface area contributed by atoms with E-state index < -0.39 is 0 Å². The Morgan fingerprint density at radius 1 is 0.895 bits per heavy atom. The lowest BCUT2D eigenvalue weighted by atomic mass is 9.87. The van der Waals surface area contributed by atoms with Crippen LogP contribution < -0.4 is 0 Å². The van der Waals surface area contributed by atoms with Crippen LogP contribution in [0.1, 0.15) is 24.0 Å². The maximum atomic E-state index is 11.1. The molecule has 1 heteroatoms. The summed E-state index contributed by atoms with van der Waals surface area (Å²) in [6.45, 7) is 1.96. The quantitative estimate of drug-likeness (QED) is 0.722. The van der Waals surface area contributed by atoms with E-state index in [0.717, 1.165) is 11.8 Å². The fourth-order valence-corrected chi connectivity index (χ4v) is 2.13. The first kappa shape index (κ1) is 13.3. The average Bonchev–Trinajstić information content (AvgIpc) is 2.49. The molecule has 19 heavy (non-hydrogen) atoms. The van der Waals surface area contributed by atoms with E-state index in [0.29, 0.717) is 0 Å². The summed E-state index contributed by atoms with van der Waals surface area (Å²) in [5.74, 6) is 0.0984. The Labute approximate surface area is 114 Å². The van der Waals surface area contributed by atoms with Gasteiger partial charge in [-0.2, -0.15) is 0 Å². The minimum Gasteiger partial charge on any atom is -0.303 e. The van der Waals surface area contributed by atoms with Gasteiger partial charge in [0.2, 0.25) is 0 Å². The molecule has 0 radical (unpaired) electrons. The first-order valence-corrected chi connectivity index (χ1v) is 6.55. The van der Waals surface area contributed by atoms with E-state index in [4.69, 9.17) is 0 Å². The van der Waals surface area contributed by atoms with Gasteiger partial charge in [0.25, 0.3) is 0 Å². The van der Waals surface area contributed by atoms with Crippen LogP contribution in [0.25, 0.3) is 6.08 Å². The lowest BCUT2D eigenvalue weighted by molar-refractivity contribution is -0.110. The average molecular weight is 250 g/mol. The molecule has 0 N–H and O–H groups in total. The van der Waals surface area contributed by atoms with Crippen molar-refractivity contribution in [2.75, 3.05) is 0 Å². The fourth-order valence-electron chi connectivity index (χ4n) is 2.13. The Morgan fingerprint density at radius 3 is 2.05 bits per heavy atom. The van der Waals surface area contributed by atoms with E-state index in [2.05, 4.69) is 36.4 Å². The van der Waals surface area contributed by atoms with Crippen molar-refractivity contribution in [3.8, 4) is 0 Å². The van der Waals surface area contributed by atoms with Crippen molar-refractivity contribution in [1.29, 1.82) is 0 Å². The van der Waals surface area contributed by atoms with Crippen LogP contribution in [0.15, 0.2) is 66.7 Å². The molecule has 0 aliphatic carbocycles. The second-order valence-electron chi connectivity index (χ2n) is 4.70. The molecule has 2 aromatic rings. The molecule has 0 aliphatic rings. The summed E-state index contributed by atoms with van der Waals surface area (Å²) >= 11 is 0. The van der Waals surface area contributed by atoms with Crippen molar-refractivity contribution in [2.24, 2.45) is 5.92 Å². The smallest absolute Gasteiger partial charge is 0.123 e. The molecule has 96 valence electrons. The summed E-state index contributed by atoms with van der Waals surface area (Å²) in [5, 5.41) is 0. The Kier molecular flexibility index (Phi) is 4.68. The first-order chi connectivity index (χ1) is 9.31. The number of carbonyl (C=O) groups is 1. The summed E-state index contributed by atoms with van der Waals surface area (Å²) in [4.78, 5) is 11.1. The third kappa shape index (κ3) is 3.65. The van der Waals surface area contributed by atoms with Crippen LogP contribution in [0.2, 0.25) is 0 Å². The van der Waals surface area contributed by atoms with Crippen LogP contribution in [-0.4, -0.2) is 6.29 Å². The van der Waals surface area contributed by atoms with Crippen LogP contribution in [0, 0.1) is 5.92 Å². The van der Waals surface area contributed by atoms with Crippen LogP contribution in [0.5, 0.6) is 0 Å². The second kappa shape index (κ2) is 6.69. The summed E-state index contributed by atoms with van der Waals surface area (Å²) in [6, 6.07) is 20.3. The number of hydrogen-bond acceptors (Lipinski definition) is 1. The molecule has 0 spiro atoms. The minimum absolute atomic E-state index is 0.0256. The molecule has 0 fully saturated rings. The van der Waals surface area contributed by atoms with E-state index in [1.807, 2.05) is 43.3 Å². The maximum absolute atomic E-state index is 11.1. The number of benzene rings is 2. The van der Waals surface area contributed by atoms with Gasteiger partial charge in [0.1, 0.15) is 6.29 Å². The van der Waals surface area contributed by atoms with Crippen LogP contribution in [0.3, 0.4) is 0 Å². The summed E-state index contributed by atoms with van der Waals surface area (Å²) in [5.41, 5.74) is 2.33. The third-order valence-corrected chi connectivity index (χ3v) is 3.26. The van der Waals surface area contributed by atoms with Gasteiger partial charge in [0.05, 0.1) is 0 Å². The monoisotopic (exact) mass is 250 g/mol. The molecule has 0 aromatic heterocycles. The van der Waals surface area contributed by atoms with Gasteiger partial charge in [-0.05, 0) is 11.1 Å². The standard InChI is InChI=1S/C18H18O/c1-15(14-19)18(17-10-6-3-7-11-17)13-12-16-8-4-2-5-9-16/h2-15,18H,1H3/b13-12-. The Hall–Kier alpha value is -2.15. The summed E-state index contributed by atoms with van der Waals surface area (Å²) in [6.07, 6.45) is 5.22. The third-order valence-electron chi connectivity index (χ3n) is 3.26. The van der Waals surface area contributed by atoms with Gasteiger partial charge in [-0.3, -0.25) is 0 Å². The Morgan fingerprint density at radius 2 is 1.47 bits per heavy atom. The van der Waals surface area contributed by atoms with Crippen molar-refractivity contribution in [1.82, 2.24) is 0 Å². The largest absolute Gasteiger partial charge is 0.303 e. The van der Waals surface area contributed by atoms with Crippen molar-refractivity contribution < 1.29 is 4.79 Å². The van der Waals surface area contributed by atoms with E-state index in [1.54, 1.807) is 0 Å². The van der Waals surface area contributed by atoms with Crippen LogP contribution >= 0.6 is 0 Å². The van der Waals surface area contributed by atoms with E-state index in [1.165, 1.54) is 5.56 Å². The van der Waals surface area contributed by atoms with Gasteiger partial charge >= 0.3 is 0 Å². The molecule has 1 nitrogen and oxygen atoms in total. The lowest BCUT2D eigenvalue weighted by Gasteiger charge is -2.16. The van der Waals surface area contributed by atoms with Gasteiger partial charge in [-0.1, -0.05) is 79.7 Å². The molecule has 2 rings (SSSR count). The predicted molar refractivity (Wildman–Crippen MR) is 79.9 cm³/mol. The number of rotatable bonds is 5. The van der Waals surface area contributed by atoms with E-state index in [9.17, 15) is 4.79 Å². The molecule has 0 saturated carbocycles. The molecule has 0 bridgehead atoms. The normalized spacial score (nSPS) is 14.2. The molecule has 0 amide bonds. The van der Waals surface area contributed by atoms with Crippen LogP contribution in [-0.2, 0) is 4.79 Å². The molecule has 2 atom stereocenters. The number of allylic oxidation sites excluding steroid dienone is 1. The highest BCUT2D eigenvalue weighted by Gasteiger charge is 2.15. The second-order valence-corrected chi connectivity index (χ2v) is 4.70. The van der Waals surface area contributed by atoms with Gasteiger partial charge < -0.3 is 4.79 Å². The van der Waals surface area contributed by atoms with E-state index >= 15 is 0 Å². The number of carbonyl (C=O) groups excluding carboxylic acids is 1. The molecule has 0 saturated heterocycles. The zero-order chi connectivity index (χ0) is 13.5. The van der Waals surface area contributed by atoms with E-state index in [-0.39, 0.29) is 11.8 Å². The maximum Gasteiger partial charge on any atom is 0.123 e. The molecule has 0 heterocycles. The lowest BCUT2D eigenvalue weighted by Crippen LogP contribution is -2.08. The van der Waals surface area contributed by atoms with Crippen molar-refractivity contribution in [3.05, 3.63) is 77.9 Å². The summed E-state index contributed by atoms with van der Waals surface area (Å²) in [7, 11) is 0. The van der Waals surface area contributed by atoms with Crippen molar-refractivity contribution in [3.63, 3.8) is 0 Å². The van der Waals surface area contributed by atoms with Gasteiger partial charge in [0, 0.05) is 11.8 Å². The predicted octanol–water partition coefficient (Wildman–Crippen LogP) is 4.32. The highest BCUT2D eigenvalue weighted by Crippen LogP contribution is 2.25. The Bertz CT molecular complexity index is 528. The number of aldehydes is 1. The van der Waals surface area contributed by atoms with Crippen molar-refractivity contribution >= 4 is 12.4 Å². The number of hydrogen-bond donors (Lipinski definition) is 0. The van der Waals surface area contributed by atoms with Crippen LogP contribution in [0.4, 0.5) is 0 Å². The van der Waals surface area contributed by atoms with Gasteiger partial charge in [0.15, 0.2) is 0 Å². The molecule has 0 aliphatic heterocycles. The highest BCUT2D eigenvalue weighted by atomic mass is 16.1. The molecule has 2 aromatic carbocycles. The zero-order valence-electron chi connectivity index (χ0n) is 11.1. The molecular weight excluding hydrogens is 232 g/mol. The van der Waals surface area contributed by atoms with Gasteiger partial charge in [-0.25, -0.2) is 0 Å². The topological polar surface area (TPSA) is 17.1 Å². The fraction of sp³-hybridized carbons (Fsp3) is 0.167. The Balaban J connectivity index is 2.25. The minimum atomic E-state index is -0.0256. The first-order valence-electron chi connectivity index (χ1n) is 6.55. The van der Waals surface area contributed by atoms with Gasteiger partial charge in [-0.15, -0.1) is 0 Å². The van der Waals surface area contributed by atoms with Crippen molar-refractivity contribution in [2.45, 2.75) is 12.8 Å².